The van der Waals surface area contributed by atoms with E-state index in [4.69, 9.17) is 0 Å². The predicted octanol–water partition coefficient (Wildman–Crippen LogP) is 3.73. The average molecular weight is 339 g/mol. The molecule has 0 aliphatic carbocycles. The number of carbonyl (C=O) groups is 2. The molecule has 2 atom stereocenters. The molecule has 4 nitrogen and oxygen atoms in total. The van der Waals surface area contributed by atoms with Gasteiger partial charge in [0.2, 0.25) is 5.91 Å². The summed E-state index contributed by atoms with van der Waals surface area (Å²) < 4.78 is 0. The van der Waals surface area contributed by atoms with E-state index >= 15 is 0 Å². The maximum absolute atomic E-state index is 12.7. The molecule has 0 bridgehead atoms. The Bertz CT molecular complexity index is 700. The van der Waals surface area contributed by atoms with Gasteiger partial charge in [-0.25, -0.2) is 0 Å². The van der Waals surface area contributed by atoms with Crippen LogP contribution in [0.15, 0.2) is 60.7 Å². The zero-order valence-electron chi connectivity index (χ0n) is 14.7. The van der Waals surface area contributed by atoms with E-state index in [9.17, 15) is 14.7 Å². The highest BCUT2D eigenvalue weighted by molar-refractivity contribution is 5.86. The van der Waals surface area contributed by atoms with Gasteiger partial charge in [-0.15, -0.1) is 0 Å². The molecular formula is C21H25NO3. The van der Waals surface area contributed by atoms with Crippen molar-refractivity contribution < 1.29 is 14.7 Å². The Morgan fingerprint density at radius 1 is 1.04 bits per heavy atom. The van der Waals surface area contributed by atoms with Crippen LogP contribution >= 0.6 is 0 Å². The Morgan fingerprint density at radius 2 is 1.60 bits per heavy atom. The standard InChI is InChI=1S/C21H25NO3/c1-3-10-18(16-11-6-4-7-12-16)19(23)22-15-21(2,20(24)25)17-13-8-5-9-14-17/h4-9,11-14,18H,3,10,15H2,1-2H3,(H,22,23)(H,24,25). The number of benzene rings is 2. The van der Waals surface area contributed by atoms with Gasteiger partial charge < -0.3 is 10.4 Å². The van der Waals surface area contributed by atoms with E-state index in [1.165, 1.54) is 0 Å². The third-order valence-corrected chi connectivity index (χ3v) is 4.59. The minimum absolute atomic E-state index is 0.0538. The van der Waals surface area contributed by atoms with Crippen LogP contribution in [0.3, 0.4) is 0 Å². The second-order valence-corrected chi connectivity index (χ2v) is 6.47. The molecule has 2 aromatic carbocycles. The summed E-state index contributed by atoms with van der Waals surface area (Å²) in [6.45, 7) is 3.73. The lowest BCUT2D eigenvalue weighted by molar-refractivity contribution is -0.143. The smallest absolute Gasteiger partial charge is 0.315 e. The zero-order chi connectivity index (χ0) is 18.3. The van der Waals surface area contributed by atoms with Gasteiger partial charge in [0.25, 0.3) is 0 Å². The molecule has 0 aromatic heterocycles. The molecule has 0 saturated carbocycles. The van der Waals surface area contributed by atoms with E-state index in [1.807, 2.05) is 55.5 Å². The highest BCUT2D eigenvalue weighted by Gasteiger charge is 2.36. The predicted molar refractivity (Wildman–Crippen MR) is 98.5 cm³/mol. The fourth-order valence-corrected chi connectivity index (χ4v) is 2.92. The molecule has 2 unspecified atom stereocenters. The zero-order valence-corrected chi connectivity index (χ0v) is 14.7. The third kappa shape index (κ3) is 4.47. The summed E-state index contributed by atoms with van der Waals surface area (Å²) in [7, 11) is 0. The lowest BCUT2D eigenvalue weighted by atomic mass is 9.82. The molecule has 132 valence electrons. The topological polar surface area (TPSA) is 66.4 Å². The minimum Gasteiger partial charge on any atom is -0.481 e. The van der Waals surface area contributed by atoms with Gasteiger partial charge in [-0.05, 0) is 24.5 Å². The number of nitrogens with one attached hydrogen (secondary N) is 1. The number of hydrogen-bond acceptors (Lipinski definition) is 2. The van der Waals surface area contributed by atoms with Gasteiger partial charge in [-0.2, -0.15) is 0 Å². The summed E-state index contributed by atoms with van der Waals surface area (Å²) in [5.41, 5.74) is 0.470. The van der Waals surface area contributed by atoms with Crippen molar-refractivity contribution in [1.82, 2.24) is 5.32 Å². The Morgan fingerprint density at radius 3 is 2.12 bits per heavy atom. The monoisotopic (exact) mass is 339 g/mol. The van der Waals surface area contributed by atoms with Gasteiger partial charge in [0.15, 0.2) is 0 Å². The highest BCUT2D eigenvalue weighted by Crippen LogP contribution is 2.25. The minimum atomic E-state index is -1.16. The maximum Gasteiger partial charge on any atom is 0.315 e. The average Bonchev–Trinajstić information content (AvgIpc) is 2.65. The number of amides is 1. The fourth-order valence-electron chi connectivity index (χ4n) is 2.92. The van der Waals surface area contributed by atoms with Gasteiger partial charge in [0, 0.05) is 6.54 Å². The van der Waals surface area contributed by atoms with E-state index in [0.717, 1.165) is 18.4 Å². The van der Waals surface area contributed by atoms with Gasteiger partial charge in [-0.1, -0.05) is 74.0 Å². The molecule has 0 radical (unpaired) electrons. The number of carbonyl (C=O) groups excluding carboxylic acids is 1. The molecule has 2 rings (SSSR count). The highest BCUT2D eigenvalue weighted by atomic mass is 16.4. The number of carboxylic acid groups (broad SMARTS) is 1. The van der Waals surface area contributed by atoms with Crippen molar-refractivity contribution in [1.29, 1.82) is 0 Å². The van der Waals surface area contributed by atoms with Crippen LogP contribution in [0.2, 0.25) is 0 Å². The molecule has 2 N–H and O–H groups in total. The van der Waals surface area contributed by atoms with Crippen LogP contribution in [0.1, 0.15) is 43.7 Å². The summed E-state index contributed by atoms with van der Waals surface area (Å²) in [4.78, 5) is 24.6. The normalized spacial score (nSPS) is 14.3. The van der Waals surface area contributed by atoms with Crippen LogP contribution in [-0.2, 0) is 15.0 Å². The van der Waals surface area contributed by atoms with E-state index in [-0.39, 0.29) is 18.4 Å². The van der Waals surface area contributed by atoms with E-state index in [2.05, 4.69) is 5.32 Å². The Hall–Kier alpha value is -2.62. The van der Waals surface area contributed by atoms with Crippen LogP contribution in [0.25, 0.3) is 0 Å². The molecule has 2 aromatic rings. The number of aliphatic carboxylic acids is 1. The fraction of sp³-hybridized carbons (Fsp3) is 0.333. The summed E-state index contributed by atoms with van der Waals surface area (Å²) in [6.07, 6.45) is 1.60. The second kappa shape index (κ2) is 8.47. The van der Waals surface area contributed by atoms with Gasteiger partial charge in [-0.3, -0.25) is 9.59 Å². The first-order valence-corrected chi connectivity index (χ1v) is 8.60. The number of carboxylic acids is 1. The largest absolute Gasteiger partial charge is 0.481 e. The number of hydrogen-bond donors (Lipinski definition) is 2. The van der Waals surface area contributed by atoms with Crippen LogP contribution in [-0.4, -0.2) is 23.5 Å². The van der Waals surface area contributed by atoms with Crippen molar-refractivity contribution in [3.63, 3.8) is 0 Å². The quantitative estimate of drug-likeness (QED) is 0.770. The first-order valence-electron chi connectivity index (χ1n) is 8.60. The molecule has 0 aliphatic heterocycles. The lowest BCUT2D eigenvalue weighted by Gasteiger charge is -2.27. The molecule has 1 amide bonds. The first kappa shape index (κ1) is 18.7. The van der Waals surface area contributed by atoms with Gasteiger partial charge >= 0.3 is 5.97 Å². The maximum atomic E-state index is 12.7. The van der Waals surface area contributed by atoms with Crippen LogP contribution in [0, 0.1) is 0 Å². The number of rotatable bonds is 8. The van der Waals surface area contributed by atoms with Gasteiger partial charge in [0.05, 0.1) is 5.92 Å². The molecule has 0 fully saturated rings. The third-order valence-electron chi connectivity index (χ3n) is 4.59. The summed E-state index contributed by atoms with van der Waals surface area (Å²) >= 11 is 0. The van der Waals surface area contributed by atoms with Crippen LogP contribution in [0.5, 0.6) is 0 Å². The van der Waals surface area contributed by atoms with E-state index in [1.54, 1.807) is 19.1 Å². The summed E-state index contributed by atoms with van der Waals surface area (Å²) in [5, 5.41) is 12.6. The van der Waals surface area contributed by atoms with Crippen molar-refractivity contribution in [2.75, 3.05) is 6.54 Å². The molecule has 0 spiro atoms. The Labute approximate surface area is 148 Å². The molecule has 25 heavy (non-hydrogen) atoms. The first-order chi connectivity index (χ1) is 12.0. The van der Waals surface area contributed by atoms with Crippen molar-refractivity contribution in [2.24, 2.45) is 0 Å². The Kier molecular flexibility index (Phi) is 6.34. The molecule has 4 heteroatoms. The van der Waals surface area contributed by atoms with Crippen molar-refractivity contribution in [3.05, 3.63) is 71.8 Å². The molecule has 0 aliphatic rings. The summed E-state index contributed by atoms with van der Waals surface area (Å²) in [6, 6.07) is 18.6. The SMILES string of the molecule is CCCC(C(=O)NCC(C)(C(=O)O)c1ccccc1)c1ccccc1. The lowest BCUT2D eigenvalue weighted by Crippen LogP contribution is -2.45. The molecule has 0 heterocycles. The van der Waals surface area contributed by atoms with Crippen molar-refractivity contribution in [2.45, 2.75) is 38.0 Å². The van der Waals surface area contributed by atoms with E-state index < -0.39 is 11.4 Å². The second-order valence-electron chi connectivity index (χ2n) is 6.47. The van der Waals surface area contributed by atoms with Crippen molar-refractivity contribution >= 4 is 11.9 Å². The van der Waals surface area contributed by atoms with Crippen LogP contribution in [0.4, 0.5) is 0 Å². The van der Waals surface area contributed by atoms with Gasteiger partial charge in [0.1, 0.15) is 5.41 Å². The van der Waals surface area contributed by atoms with E-state index in [0.29, 0.717) is 5.56 Å². The van der Waals surface area contributed by atoms with Crippen molar-refractivity contribution in [3.8, 4) is 0 Å². The summed E-state index contributed by atoms with van der Waals surface area (Å²) in [5.74, 6) is -1.35. The van der Waals surface area contributed by atoms with Crippen LogP contribution < -0.4 is 5.32 Å². The molecule has 0 saturated heterocycles. The molecular weight excluding hydrogens is 314 g/mol. The Balaban J connectivity index is 2.16.